The molecule has 0 spiro atoms. The minimum absolute atomic E-state index is 0.809. The Balaban J connectivity index is 3.63. The molecule has 0 aromatic carbocycles. The monoisotopic (exact) mass is 172 g/mol. The van der Waals surface area contributed by atoms with Gasteiger partial charge in [0.25, 0.3) is 0 Å². The van der Waals surface area contributed by atoms with Crippen molar-refractivity contribution in [3.05, 3.63) is 22.8 Å². The minimum atomic E-state index is 0.809. The van der Waals surface area contributed by atoms with E-state index >= 15 is 0 Å². The van der Waals surface area contributed by atoms with E-state index < -0.39 is 0 Å². The van der Waals surface area contributed by atoms with E-state index in [0.717, 1.165) is 29.7 Å². The Labute approximate surface area is 72.7 Å². The van der Waals surface area contributed by atoms with E-state index in [4.69, 9.17) is 11.6 Å². The first-order valence-corrected chi connectivity index (χ1v) is 3.98. The van der Waals surface area contributed by atoms with Crippen LogP contribution in [0.3, 0.4) is 0 Å². The quantitative estimate of drug-likeness (QED) is 0.471. The molecule has 0 aromatic heterocycles. The largest absolute Gasteiger partial charge is 0.299 e. The molecule has 0 aliphatic rings. The van der Waals surface area contributed by atoms with Crippen molar-refractivity contribution in [3.63, 3.8) is 0 Å². The smallest absolute Gasteiger partial charge is 0.142 e. The van der Waals surface area contributed by atoms with E-state index in [1.54, 1.807) is 6.08 Å². The van der Waals surface area contributed by atoms with E-state index in [0.29, 0.717) is 0 Å². The first-order valence-electron chi connectivity index (χ1n) is 3.60. The van der Waals surface area contributed by atoms with Crippen LogP contribution in [0.1, 0.15) is 26.7 Å². The summed E-state index contributed by atoms with van der Waals surface area (Å²) in [6.45, 7) is 3.78. The minimum Gasteiger partial charge on any atom is -0.299 e. The summed E-state index contributed by atoms with van der Waals surface area (Å²) in [6, 6.07) is 0. The lowest BCUT2D eigenvalue weighted by Gasteiger charge is -1.94. The molecular weight excluding hydrogens is 160 g/mol. The second-order valence-electron chi connectivity index (χ2n) is 2.48. The van der Waals surface area contributed by atoms with Gasteiger partial charge in [0.2, 0.25) is 0 Å². The van der Waals surface area contributed by atoms with Crippen molar-refractivity contribution in [2.24, 2.45) is 0 Å². The molecule has 0 aliphatic heterocycles. The van der Waals surface area contributed by atoms with Gasteiger partial charge in [0.15, 0.2) is 0 Å². The van der Waals surface area contributed by atoms with Gasteiger partial charge in [-0.3, -0.25) is 4.79 Å². The van der Waals surface area contributed by atoms with Crippen LogP contribution in [0.4, 0.5) is 0 Å². The van der Waals surface area contributed by atoms with Crippen LogP contribution in [0, 0.1) is 0 Å². The number of carbonyl (C=O) groups excluding carboxylic acids is 1. The summed E-state index contributed by atoms with van der Waals surface area (Å²) in [7, 11) is 0. The number of carbonyl (C=O) groups is 1. The highest BCUT2D eigenvalue weighted by Gasteiger charge is 1.87. The number of hydrogen-bond acceptors (Lipinski definition) is 1. The Bertz CT molecular complexity index is 176. The SMILES string of the molecule is C/C(Cl)=C/CC/C(C)=C/C=O. The normalized spacial score (nSPS) is 13.4. The molecule has 0 amide bonds. The summed E-state index contributed by atoms with van der Waals surface area (Å²) in [6.07, 6.45) is 6.15. The molecule has 0 unspecified atom stereocenters. The molecule has 11 heavy (non-hydrogen) atoms. The molecule has 1 nitrogen and oxygen atoms in total. The molecule has 62 valence electrons. The second kappa shape index (κ2) is 6.17. The Morgan fingerprint density at radius 2 is 2.09 bits per heavy atom. The fraction of sp³-hybridized carbons (Fsp3) is 0.444. The highest BCUT2D eigenvalue weighted by molar-refractivity contribution is 6.29. The maximum atomic E-state index is 9.99. The lowest BCUT2D eigenvalue weighted by molar-refractivity contribution is -0.104. The number of aldehydes is 1. The molecule has 0 aliphatic carbocycles. The molecular formula is C9H13ClO. The van der Waals surface area contributed by atoms with E-state index in [2.05, 4.69) is 0 Å². The molecule has 0 N–H and O–H groups in total. The van der Waals surface area contributed by atoms with Crippen molar-refractivity contribution < 1.29 is 4.79 Å². The Hall–Kier alpha value is -0.560. The summed E-state index contributed by atoms with van der Waals surface area (Å²) in [4.78, 5) is 9.99. The fourth-order valence-corrected chi connectivity index (χ4v) is 0.807. The van der Waals surface area contributed by atoms with Crippen molar-refractivity contribution in [2.45, 2.75) is 26.7 Å². The Kier molecular flexibility index (Phi) is 5.86. The molecule has 0 fully saturated rings. The first kappa shape index (κ1) is 10.4. The van der Waals surface area contributed by atoms with Gasteiger partial charge in [-0.15, -0.1) is 0 Å². The third-order valence-corrected chi connectivity index (χ3v) is 1.47. The molecule has 0 saturated carbocycles. The van der Waals surface area contributed by atoms with Gasteiger partial charge in [-0.2, -0.15) is 0 Å². The zero-order valence-corrected chi connectivity index (χ0v) is 7.69. The van der Waals surface area contributed by atoms with Crippen molar-refractivity contribution >= 4 is 17.9 Å². The predicted octanol–water partition coefficient (Wildman–Crippen LogP) is 3.05. The summed E-state index contributed by atoms with van der Waals surface area (Å²) >= 11 is 5.61. The van der Waals surface area contributed by atoms with E-state index in [-0.39, 0.29) is 0 Å². The maximum absolute atomic E-state index is 9.99. The molecule has 0 bridgehead atoms. The van der Waals surface area contributed by atoms with Crippen LogP contribution in [-0.4, -0.2) is 6.29 Å². The number of halogens is 1. The molecule has 0 saturated heterocycles. The van der Waals surface area contributed by atoms with Crippen LogP contribution in [-0.2, 0) is 4.79 Å². The van der Waals surface area contributed by atoms with Crippen LogP contribution >= 0.6 is 11.6 Å². The maximum Gasteiger partial charge on any atom is 0.142 e. The number of hydrogen-bond donors (Lipinski definition) is 0. The highest BCUT2D eigenvalue weighted by atomic mass is 35.5. The van der Waals surface area contributed by atoms with Crippen molar-refractivity contribution in [1.82, 2.24) is 0 Å². The van der Waals surface area contributed by atoms with E-state index in [1.807, 2.05) is 19.9 Å². The zero-order valence-electron chi connectivity index (χ0n) is 6.93. The molecule has 0 atom stereocenters. The predicted molar refractivity (Wildman–Crippen MR) is 48.7 cm³/mol. The highest BCUT2D eigenvalue weighted by Crippen LogP contribution is 2.07. The fourth-order valence-electron chi connectivity index (χ4n) is 0.698. The lowest BCUT2D eigenvalue weighted by Crippen LogP contribution is -1.76. The van der Waals surface area contributed by atoms with Gasteiger partial charge in [0.05, 0.1) is 0 Å². The number of allylic oxidation sites excluding steroid dienone is 4. The summed E-state index contributed by atoms with van der Waals surface area (Å²) in [5.41, 5.74) is 1.09. The lowest BCUT2D eigenvalue weighted by atomic mass is 10.1. The Morgan fingerprint density at radius 3 is 2.55 bits per heavy atom. The van der Waals surface area contributed by atoms with Gasteiger partial charge >= 0.3 is 0 Å². The van der Waals surface area contributed by atoms with Crippen LogP contribution in [0.2, 0.25) is 0 Å². The molecule has 0 aromatic rings. The summed E-state index contributed by atoms with van der Waals surface area (Å²) in [5, 5.41) is 0.809. The third kappa shape index (κ3) is 7.34. The number of rotatable bonds is 4. The average Bonchev–Trinajstić information content (AvgIpc) is 1.87. The summed E-state index contributed by atoms with van der Waals surface area (Å²) in [5.74, 6) is 0. The van der Waals surface area contributed by atoms with Crippen molar-refractivity contribution in [1.29, 1.82) is 0 Å². The van der Waals surface area contributed by atoms with Crippen LogP contribution in [0.15, 0.2) is 22.8 Å². The Morgan fingerprint density at radius 1 is 1.45 bits per heavy atom. The molecule has 0 radical (unpaired) electrons. The van der Waals surface area contributed by atoms with Crippen LogP contribution in [0.25, 0.3) is 0 Å². The van der Waals surface area contributed by atoms with Gasteiger partial charge in [0, 0.05) is 5.03 Å². The van der Waals surface area contributed by atoms with E-state index in [9.17, 15) is 4.79 Å². The first-order chi connectivity index (χ1) is 5.16. The van der Waals surface area contributed by atoms with Crippen LogP contribution in [0.5, 0.6) is 0 Å². The van der Waals surface area contributed by atoms with Crippen LogP contribution < -0.4 is 0 Å². The standard InChI is InChI=1S/C9H13ClO/c1-8(6-7-11)4-3-5-9(2)10/h5-7H,3-4H2,1-2H3/b8-6+,9-5-. The van der Waals surface area contributed by atoms with E-state index in [1.165, 1.54) is 0 Å². The summed E-state index contributed by atoms with van der Waals surface area (Å²) < 4.78 is 0. The third-order valence-electron chi connectivity index (χ3n) is 1.32. The van der Waals surface area contributed by atoms with Gasteiger partial charge < -0.3 is 0 Å². The zero-order chi connectivity index (χ0) is 8.69. The van der Waals surface area contributed by atoms with Crippen molar-refractivity contribution in [2.75, 3.05) is 0 Å². The average molecular weight is 173 g/mol. The molecule has 0 rings (SSSR count). The van der Waals surface area contributed by atoms with Gasteiger partial charge in [-0.25, -0.2) is 0 Å². The van der Waals surface area contributed by atoms with Gasteiger partial charge in [0.1, 0.15) is 6.29 Å². The second-order valence-corrected chi connectivity index (χ2v) is 3.07. The van der Waals surface area contributed by atoms with Crippen molar-refractivity contribution in [3.8, 4) is 0 Å². The van der Waals surface area contributed by atoms with Gasteiger partial charge in [-0.05, 0) is 32.8 Å². The topological polar surface area (TPSA) is 17.1 Å². The molecule has 0 heterocycles. The van der Waals surface area contributed by atoms with Gasteiger partial charge in [-0.1, -0.05) is 23.3 Å². The molecule has 2 heteroatoms.